The molecular formula is C38H61N5O7S. The van der Waals surface area contributed by atoms with Crippen molar-refractivity contribution in [1.29, 1.82) is 0 Å². The van der Waals surface area contributed by atoms with Gasteiger partial charge in [0.05, 0.1) is 22.1 Å². The second-order valence-corrected chi connectivity index (χ2v) is 20.8. The molecule has 0 aromatic heterocycles. The predicted octanol–water partition coefficient (Wildman–Crippen LogP) is 3.79. The van der Waals surface area contributed by atoms with Gasteiger partial charge in [-0.25, -0.2) is 13.2 Å². The SMILES string of the molecule is C=CCNC(=O)C(=O)C(CC1CC1)NC(=O)[C@@H]1[C@@H]2C(CN1C(=O)[C@@H](NC(=O)NC1(CS(=O)(=O)C(C)(C)C)CCCCC1)C1(C)CCCC1)C2(C)C. The van der Waals surface area contributed by atoms with Crippen LogP contribution in [0.3, 0.4) is 0 Å². The number of ketones is 1. The highest BCUT2D eigenvalue weighted by atomic mass is 32.2. The van der Waals surface area contributed by atoms with Gasteiger partial charge in [0.25, 0.3) is 5.91 Å². The maximum Gasteiger partial charge on any atom is 0.315 e. The van der Waals surface area contributed by atoms with E-state index >= 15 is 0 Å². The molecule has 5 fully saturated rings. The van der Waals surface area contributed by atoms with Crippen LogP contribution in [0.5, 0.6) is 0 Å². The monoisotopic (exact) mass is 731 g/mol. The molecule has 51 heavy (non-hydrogen) atoms. The Kier molecular flexibility index (Phi) is 11.1. The fourth-order valence-corrected chi connectivity index (χ4v) is 10.6. The third-order valence-corrected chi connectivity index (χ3v) is 15.6. The Hall–Kier alpha value is -2.96. The van der Waals surface area contributed by atoms with E-state index in [2.05, 4.69) is 41.7 Å². The zero-order chi connectivity index (χ0) is 37.6. The predicted molar refractivity (Wildman–Crippen MR) is 195 cm³/mol. The van der Waals surface area contributed by atoms with Crippen molar-refractivity contribution in [2.75, 3.05) is 18.8 Å². The lowest BCUT2D eigenvalue weighted by molar-refractivity contribution is -0.145. The van der Waals surface area contributed by atoms with Crippen molar-refractivity contribution in [1.82, 2.24) is 26.2 Å². The van der Waals surface area contributed by atoms with Gasteiger partial charge in [-0.3, -0.25) is 19.2 Å². The minimum absolute atomic E-state index is 0.0737. The molecule has 5 aliphatic rings. The van der Waals surface area contributed by atoms with Gasteiger partial charge in [0.2, 0.25) is 17.6 Å². The second-order valence-electron chi connectivity index (χ2n) is 18.1. The van der Waals surface area contributed by atoms with Crippen LogP contribution in [0.25, 0.3) is 0 Å². The Balaban J connectivity index is 1.38. The van der Waals surface area contributed by atoms with Gasteiger partial charge in [0, 0.05) is 13.1 Å². The highest BCUT2D eigenvalue weighted by Crippen LogP contribution is 2.65. The molecule has 0 bridgehead atoms. The van der Waals surface area contributed by atoms with Crippen LogP contribution < -0.4 is 21.3 Å². The number of sulfone groups is 1. The largest absolute Gasteiger partial charge is 0.346 e. The molecule has 0 radical (unpaired) electrons. The molecule has 286 valence electrons. The number of piperidine rings is 1. The maximum absolute atomic E-state index is 14.8. The number of hydrogen-bond donors (Lipinski definition) is 4. The summed E-state index contributed by atoms with van der Waals surface area (Å²) in [5, 5.41) is 11.5. The smallest absolute Gasteiger partial charge is 0.315 e. The van der Waals surface area contributed by atoms with Crippen molar-refractivity contribution in [2.45, 2.75) is 147 Å². The number of carbonyl (C=O) groups excluding carboxylic acids is 5. The van der Waals surface area contributed by atoms with E-state index in [-0.39, 0.29) is 41.4 Å². The third kappa shape index (κ3) is 8.33. The van der Waals surface area contributed by atoms with Gasteiger partial charge >= 0.3 is 6.03 Å². The van der Waals surface area contributed by atoms with Crippen LogP contribution in [0.2, 0.25) is 0 Å². The normalized spacial score (nSPS) is 27.3. The molecule has 4 aliphatic carbocycles. The molecule has 4 saturated carbocycles. The molecule has 0 spiro atoms. The number of amides is 5. The van der Waals surface area contributed by atoms with Crippen LogP contribution in [0.1, 0.15) is 119 Å². The summed E-state index contributed by atoms with van der Waals surface area (Å²) in [5.74, 6) is -2.27. The number of fused-ring (bicyclic) bond motifs is 1. The maximum atomic E-state index is 14.8. The van der Waals surface area contributed by atoms with E-state index in [1.54, 1.807) is 25.7 Å². The number of likely N-dealkylation sites (tertiary alicyclic amines) is 1. The molecule has 5 atom stereocenters. The van der Waals surface area contributed by atoms with Crippen LogP contribution in [-0.4, -0.2) is 90.1 Å². The average Bonchev–Trinajstić information content (AvgIpc) is 3.80. The molecule has 0 aromatic carbocycles. The first-order chi connectivity index (χ1) is 23.8. The minimum atomic E-state index is -3.56. The first-order valence-corrected chi connectivity index (χ1v) is 20.8. The molecule has 2 unspecified atom stereocenters. The summed E-state index contributed by atoms with van der Waals surface area (Å²) in [5.41, 5.74) is -1.70. The van der Waals surface area contributed by atoms with Gasteiger partial charge in [-0.2, -0.15) is 0 Å². The molecule has 0 aromatic rings. The van der Waals surface area contributed by atoms with E-state index in [1.165, 1.54) is 6.08 Å². The Morgan fingerprint density at radius 1 is 0.922 bits per heavy atom. The van der Waals surface area contributed by atoms with Crippen molar-refractivity contribution in [3.8, 4) is 0 Å². The number of rotatable bonds is 14. The summed E-state index contributed by atoms with van der Waals surface area (Å²) in [6, 6.07) is -3.37. The van der Waals surface area contributed by atoms with Gasteiger partial charge in [-0.15, -0.1) is 6.58 Å². The summed E-state index contributed by atoms with van der Waals surface area (Å²) < 4.78 is 25.8. The first-order valence-electron chi connectivity index (χ1n) is 19.1. The molecule has 1 saturated heterocycles. The van der Waals surface area contributed by atoms with E-state index in [4.69, 9.17) is 0 Å². The highest BCUT2D eigenvalue weighted by molar-refractivity contribution is 7.92. The van der Waals surface area contributed by atoms with Crippen LogP contribution >= 0.6 is 0 Å². The highest BCUT2D eigenvalue weighted by Gasteiger charge is 2.70. The van der Waals surface area contributed by atoms with E-state index in [0.29, 0.717) is 38.6 Å². The average molecular weight is 732 g/mol. The van der Waals surface area contributed by atoms with Crippen molar-refractivity contribution < 1.29 is 32.4 Å². The van der Waals surface area contributed by atoms with Crippen molar-refractivity contribution in [3.05, 3.63) is 12.7 Å². The second kappa shape index (κ2) is 14.5. The Labute approximate surface area is 304 Å². The number of carbonyl (C=O) groups is 5. The summed E-state index contributed by atoms with van der Waals surface area (Å²) in [4.78, 5) is 70.5. The van der Waals surface area contributed by atoms with Crippen molar-refractivity contribution in [2.24, 2.45) is 28.6 Å². The molecule has 12 nitrogen and oxygen atoms in total. The quantitative estimate of drug-likeness (QED) is 0.156. The van der Waals surface area contributed by atoms with Gasteiger partial charge in [0.15, 0.2) is 9.84 Å². The first kappa shape index (κ1) is 39.3. The van der Waals surface area contributed by atoms with E-state index in [1.807, 2.05) is 6.92 Å². The number of nitrogens with one attached hydrogen (secondary N) is 4. The Morgan fingerprint density at radius 3 is 2.10 bits per heavy atom. The van der Waals surface area contributed by atoms with Crippen molar-refractivity contribution in [3.63, 3.8) is 0 Å². The fourth-order valence-electron chi connectivity index (χ4n) is 9.09. The molecule has 13 heteroatoms. The number of urea groups is 1. The molecule has 1 heterocycles. The standard InChI is InChI=1S/C38H61N5O7S/c1-8-20-39-32(46)29(44)26(21-24-14-15-24)40-31(45)28-27-25(36(27,5)6)22-43(28)33(47)30(37(7)16-12-13-17-37)41-34(48)42-38(18-10-9-11-19-38)23-51(49,50)35(2,3)4/h8,24-28,30H,1,9-23H2,2-7H3,(H,39,46)(H,40,45)(H2,41,42,48)/t25?,26?,27-,28-,30+/m0/s1. The van der Waals surface area contributed by atoms with Gasteiger partial charge in [-0.05, 0) is 81.5 Å². The van der Waals surface area contributed by atoms with Gasteiger partial charge in [-0.1, -0.05) is 71.8 Å². The summed E-state index contributed by atoms with van der Waals surface area (Å²) in [6.07, 6.45) is 10.5. The van der Waals surface area contributed by atoms with E-state index in [9.17, 15) is 32.4 Å². The van der Waals surface area contributed by atoms with Crippen LogP contribution in [-0.2, 0) is 29.0 Å². The van der Waals surface area contributed by atoms with Crippen LogP contribution in [0.4, 0.5) is 4.79 Å². The minimum Gasteiger partial charge on any atom is -0.346 e. The Morgan fingerprint density at radius 2 is 1.53 bits per heavy atom. The van der Waals surface area contributed by atoms with Gasteiger partial charge in [0.1, 0.15) is 12.1 Å². The van der Waals surface area contributed by atoms with Crippen molar-refractivity contribution >= 4 is 39.4 Å². The number of Topliss-reactive ketones (excluding diaryl/α,β-unsaturated/α-hetero) is 1. The third-order valence-electron chi connectivity index (χ3n) is 12.8. The lowest BCUT2D eigenvalue weighted by Crippen LogP contribution is -2.64. The molecular weight excluding hydrogens is 671 g/mol. The molecule has 5 amide bonds. The summed E-state index contributed by atoms with van der Waals surface area (Å²) in [7, 11) is -3.56. The van der Waals surface area contributed by atoms with E-state index < -0.39 is 67.3 Å². The Bertz CT molecular complexity index is 1500. The molecule has 4 N–H and O–H groups in total. The zero-order valence-electron chi connectivity index (χ0n) is 31.6. The fraction of sp³-hybridized carbons (Fsp3) is 0.816. The molecule has 1 aliphatic heterocycles. The van der Waals surface area contributed by atoms with E-state index in [0.717, 1.165) is 44.9 Å². The lowest BCUT2D eigenvalue weighted by Gasteiger charge is -2.42. The molecule has 5 rings (SSSR count). The van der Waals surface area contributed by atoms with Crippen LogP contribution in [0.15, 0.2) is 12.7 Å². The zero-order valence-corrected chi connectivity index (χ0v) is 32.4. The van der Waals surface area contributed by atoms with Gasteiger partial charge < -0.3 is 26.2 Å². The lowest BCUT2D eigenvalue weighted by atomic mass is 9.79. The summed E-state index contributed by atoms with van der Waals surface area (Å²) >= 11 is 0. The summed E-state index contributed by atoms with van der Waals surface area (Å²) in [6.45, 7) is 15.2. The topological polar surface area (TPSA) is 171 Å². The number of nitrogens with zero attached hydrogens (tertiary/aromatic N) is 1. The van der Waals surface area contributed by atoms with Crippen LogP contribution in [0, 0.1) is 28.6 Å². The number of hydrogen-bond acceptors (Lipinski definition) is 7.